The fourth-order valence-electron chi connectivity index (χ4n) is 1.79. The minimum Gasteiger partial charge on any atom is -0.355 e. The Morgan fingerprint density at radius 1 is 1.30 bits per heavy atom. The van der Waals surface area contributed by atoms with E-state index in [1.54, 1.807) is 30.3 Å². The van der Waals surface area contributed by atoms with E-state index in [1.807, 2.05) is 6.92 Å². The number of hydrogen-bond donors (Lipinski definition) is 2. The number of sulfone groups is 1. The van der Waals surface area contributed by atoms with E-state index in [2.05, 4.69) is 5.32 Å². The molecule has 112 valence electrons. The zero-order chi connectivity index (χ0) is 15.0. The Balaban J connectivity index is 2.36. The number of nitrogens with one attached hydrogen (secondary N) is 1. The summed E-state index contributed by atoms with van der Waals surface area (Å²) < 4.78 is 24.0. The number of benzene rings is 1. The van der Waals surface area contributed by atoms with Crippen molar-refractivity contribution in [2.75, 3.05) is 12.3 Å². The molecule has 1 amide bonds. The number of nitrogens with two attached hydrogens (primary N) is 1. The molecule has 0 heterocycles. The van der Waals surface area contributed by atoms with Gasteiger partial charge in [-0.05, 0) is 25.0 Å². The summed E-state index contributed by atoms with van der Waals surface area (Å²) in [6.45, 7) is 2.28. The number of carbonyl (C=O) groups excluding carboxylic acids is 1. The van der Waals surface area contributed by atoms with E-state index in [1.165, 1.54) is 0 Å². The third-order valence-corrected chi connectivity index (χ3v) is 4.74. The molecule has 20 heavy (non-hydrogen) atoms. The highest BCUT2D eigenvalue weighted by molar-refractivity contribution is 7.91. The maximum absolute atomic E-state index is 12.0. The second-order valence-corrected chi connectivity index (χ2v) is 6.78. The molecule has 1 atom stereocenters. The first-order valence-corrected chi connectivity index (χ1v) is 8.43. The lowest BCUT2D eigenvalue weighted by Gasteiger charge is -2.11. The summed E-state index contributed by atoms with van der Waals surface area (Å²) >= 11 is 0. The van der Waals surface area contributed by atoms with Crippen molar-refractivity contribution in [1.82, 2.24) is 5.32 Å². The molecular formula is C14H22N2O3S. The van der Waals surface area contributed by atoms with Crippen LogP contribution in [0.2, 0.25) is 0 Å². The lowest BCUT2D eigenvalue weighted by atomic mass is 10.2. The second kappa shape index (κ2) is 8.01. The van der Waals surface area contributed by atoms with Crippen LogP contribution in [0, 0.1) is 0 Å². The van der Waals surface area contributed by atoms with E-state index in [9.17, 15) is 13.2 Å². The van der Waals surface area contributed by atoms with Crippen molar-refractivity contribution in [3.8, 4) is 0 Å². The molecule has 5 nitrogen and oxygen atoms in total. The number of hydrogen-bond acceptors (Lipinski definition) is 4. The molecule has 0 saturated heterocycles. The zero-order valence-electron chi connectivity index (χ0n) is 11.7. The van der Waals surface area contributed by atoms with Crippen molar-refractivity contribution in [2.24, 2.45) is 5.73 Å². The monoisotopic (exact) mass is 298 g/mol. The van der Waals surface area contributed by atoms with Crippen LogP contribution in [0.5, 0.6) is 0 Å². The van der Waals surface area contributed by atoms with Gasteiger partial charge in [0.25, 0.3) is 0 Å². The smallest absolute Gasteiger partial charge is 0.236 e. The van der Waals surface area contributed by atoms with Crippen molar-refractivity contribution >= 4 is 15.7 Å². The first-order chi connectivity index (χ1) is 9.47. The van der Waals surface area contributed by atoms with Gasteiger partial charge in [-0.3, -0.25) is 4.79 Å². The molecule has 1 aromatic carbocycles. The van der Waals surface area contributed by atoms with Gasteiger partial charge in [0.2, 0.25) is 5.91 Å². The first kappa shape index (κ1) is 16.7. The fourth-order valence-corrected chi connectivity index (χ4v) is 3.12. The van der Waals surface area contributed by atoms with Crippen LogP contribution in [0.25, 0.3) is 0 Å². The van der Waals surface area contributed by atoms with Gasteiger partial charge < -0.3 is 11.1 Å². The highest BCUT2D eigenvalue weighted by Crippen LogP contribution is 2.10. The van der Waals surface area contributed by atoms with E-state index in [0.29, 0.717) is 24.3 Å². The third-order valence-electron chi connectivity index (χ3n) is 2.93. The van der Waals surface area contributed by atoms with Crippen LogP contribution < -0.4 is 11.1 Å². The zero-order valence-corrected chi connectivity index (χ0v) is 12.5. The van der Waals surface area contributed by atoms with Crippen molar-refractivity contribution in [2.45, 2.75) is 37.1 Å². The quantitative estimate of drug-likeness (QED) is 0.703. The Labute approximate surface area is 120 Å². The van der Waals surface area contributed by atoms with Crippen LogP contribution in [0.1, 0.15) is 26.2 Å². The molecule has 0 aliphatic heterocycles. The van der Waals surface area contributed by atoms with Gasteiger partial charge in [0.05, 0.1) is 16.7 Å². The molecule has 0 bridgehead atoms. The summed E-state index contributed by atoms with van der Waals surface area (Å²) in [5.74, 6) is -0.204. The van der Waals surface area contributed by atoms with E-state index >= 15 is 0 Å². The SMILES string of the molecule is CCCC(N)C(=O)NCCCS(=O)(=O)c1ccccc1. The molecule has 3 N–H and O–H groups in total. The van der Waals surface area contributed by atoms with Crippen molar-refractivity contribution in [3.63, 3.8) is 0 Å². The maximum Gasteiger partial charge on any atom is 0.236 e. The summed E-state index contributed by atoms with van der Waals surface area (Å²) in [5, 5.41) is 2.66. The Kier molecular flexibility index (Phi) is 6.67. The number of carbonyl (C=O) groups is 1. The van der Waals surface area contributed by atoms with Gasteiger partial charge in [-0.1, -0.05) is 31.5 Å². The van der Waals surface area contributed by atoms with Crippen molar-refractivity contribution in [3.05, 3.63) is 30.3 Å². The standard InChI is InChI=1S/C14H22N2O3S/c1-2-7-13(15)14(17)16-10-6-11-20(18,19)12-8-4-3-5-9-12/h3-5,8-9,13H,2,6-7,10-11,15H2,1H3,(H,16,17). The van der Waals surface area contributed by atoms with E-state index < -0.39 is 15.9 Å². The van der Waals surface area contributed by atoms with E-state index in [4.69, 9.17) is 5.73 Å². The Hall–Kier alpha value is -1.40. The molecule has 0 aliphatic rings. The lowest BCUT2D eigenvalue weighted by molar-refractivity contribution is -0.122. The average Bonchev–Trinajstić information content (AvgIpc) is 2.44. The predicted molar refractivity (Wildman–Crippen MR) is 79.0 cm³/mol. The normalized spacial score (nSPS) is 12.9. The third kappa shape index (κ3) is 5.30. The van der Waals surface area contributed by atoms with Crippen LogP contribution in [-0.2, 0) is 14.6 Å². The van der Waals surface area contributed by atoms with E-state index in [-0.39, 0.29) is 11.7 Å². The summed E-state index contributed by atoms with van der Waals surface area (Å²) in [6, 6.07) is 7.80. The fraction of sp³-hybridized carbons (Fsp3) is 0.500. The van der Waals surface area contributed by atoms with Crippen molar-refractivity contribution < 1.29 is 13.2 Å². The minimum atomic E-state index is -3.27. The Bertz CT molecular complexity index is 514. The second-order valence-electron chi connectivity index (χ2n) is 4.67. The van der Waals surface area contributed by atoms with Gasteiger partial charge in [-0.25, -0.2) is 8.42 Å². The molecule has 0 radical (unpaired) electrons. The number of amides is 1. The Morgan fingerprint density at radius 3 is 2.55 bits per heavy atom. The van der Waals surface area contributed by atoms with Crippen LogP contribution in [0.15, 0.2) is 35.2 Å². The Morgan fingerprint density at radius 2 is 1.95 bits per heavy atom. The van der Waals surface area contributed by atoms with Gasteiger partial charge in [0.15, 0.2) is 9.84 Å². The van der Waals surface area contributed by atoms with E-state index in [0.717, 1.165) is 6.42 Å². The van der Waals surface area contributed by atoms with Gasteiger partial charge in [-0.15, -0.1) is 0 Å². The highest BCUT2D eigenvalue weighted by atomic mass is 32.2. The minimum absolute atomic E-state index is 0.0142. The summed E-state index contributed by atoms with van der Waals surface area (Å²) in [4.78, 5) is 11.9. The van der Waals surface area contributed by atoms with Crippen LogP contribution in [-0.4, -0.2) is 32.7 Å². The van der Waals surface area contributed by atoms with Crippen molar-refractivity contribution in [1.29, 1.82) is 0 Å². The maximum atomic E-state index is 12.0. The van der Waals surface area contributed by atoms with Gasteiger partial charge in [0, 0.05) is 6.54 Å². The number of rotatable bonds is 8. The summed E-state index contributed by atoms with van der Waals surface area (Å²) in [7, 11) is -3.27. The van der Waals surface area contributed by atoms with Gasteiger partial charge in [0.1, 0.15) is 0 Å². The molecule has 1 rings (SSSR count). The highest BCUT2D eigenvalue weighted by Gasteiger charge is 2.14. The molecule has 1 aromatic rings. The van der Waals surface area contributed by atoms with Crippen LogP contribution >= 0.6 is 0 Å². The van der Waals surface area contributed by atoms with Gasteiger partial charge >= 0.3 is 0 Å². The largest absolute Gasteiger partial charge is 0.355 e. The molecule has 1 unspecified atom stereocenters. The van der Waals surface area contributed by atoms with Gasteiger partial charge in [-0.2, -0.15) is 0 Å². The van der Waals surface area contributed by atoms with Crippen LogP contribution in [0.3, 0.4) is 0 Å². The molecular weight excluding hydrogens is 276 g/mol. The molecule has 0 aliphatic carbocycles. The molecule has 0 spiro atoms. The topological polar surface area (TPSA) is 89.3 Å². The molecule has 6 heteroatoms. The lowest BCUT2D eigenvalue weighted by Crippen LogP contribution is -2.41. The van der Waals surface area contributed by atoms with Crippen LogP contribution in [0.4, 0.5) is 0 Å². The summed E-state index contributed by atoms with van der Waals surface area (Å²) in [5.41, 5.74) is 5.66. The molecule has 0 fully saturated rings. The predicted octanol–water partition coefficient (Wildman–Crippen LogP) is 1.09. The molecule has 0 saturated carbocycles. The first-order valence-electron chi connectivity index (χ1n) is 6.78. The summed E-state index contributed by atoms with van der Waals surface area (Å²) in [6.07, 6.45) is 1.85. The molecule has 0 aromatic heterocycles. The average molecular weight is 298 g/mol.